The van der Waals surface area contributed by atoms with Crippen LogP contribution in [0.5, 0.6) is 11.5 Å². The summed E-state index contributed by atoms with van der Waals surface area (Å²) in [7, 11) is 0. The molecule has 188 valence electrons. The summed E-state index contributed by atoms with van der Waals surface area (Å²) in [4.78, 5) is 17.3. The van der Waals surface area contributed by atoms with Crippen LogP contribution in [0.4, 0.5) is 0 Å². The fraction of sp³-hybridized carbons (Fsp3) is 0.300. The van der Waals surface area contributed by atoms with Crippen LogP contribution < -0.4 is 4.74 Å². The van der Waals surface area contributed by atoms with E-state index in [4.69, 9.17) is 9.72 Å². The maximum Gasteiger partial charge on any atom is 0.137 e. The number of thiazole rings is 1. The normalized spacial score (nSPS) is 17.8. The van der Waals surface area contributed by atoms with Gasteiger partial charge in [0.25, 0.3) is 0 Å². The fourth-order valence-electron chi connectivity index (χ4n) is 5.01. The van der Waals surface area contributed by atoms with Gasteiger partial charge in [0, 0.05) is 41.6 Å². The second kappa shape index (κ2) is 10.1. The molecule has 0 unspecified atom stereocenters. The maximum absolute atomic E-state index is 10.3. The Kier molecular flexibility index (Phi) is 6.49. The Balaban J connectivity index is 1.18. The van der Waals surface area contributed by atoms with Crippen LogP contribution in [0.3, 0.4) is 0 Å². The van der Waals surface area contributed by atoms with Crippen molar-refractivity contribution in [3.8, 4) is 34.1 Å². The van der Waals surface area contributed by atoms with Crippen LogP contribution in [-0.4, -0.2) is 31.1 Å². The van der Waals surface area contributed by atoms with E-state index in [1.54, 1.807) is 17.5 Å². The first-order valence-electron chi connectivity index (χ1n) is 12.9. The molecular weight excluding hydrogens is 480 g/mol. The molecule has 1 saturated carbocycles. The minimum Gasteiger partial charge on any atom is -0.457 e. The summed E-state index contributed by atoms with van der Waals surface area (Å²) in [6.45, 7) is 4.04. The number of aromatic nitrogens is 4. The van der Waals surface area contributed by atoms with Crippen molar-refractivity contribution in [3.05, 3.63) is 77.2 Å². The van der Waals surface area contributed by atoms with E-state index in [1.807, 2.05) is 38.1 Å². The number of imidazole rings is 1. The van der Waals surface area contributed by atoms with Crippen molar-refractivity contribution in [1.82, 2.24) is 19.9 Å². The molecule has 1 fully saturated rings. The number of rotatable bonds is 6. The second-order valence-electron chi connectivity index (χ2n) is 9.91. The molecule has 0 amide bonds. The van der Waals surface area contributed by atoms with Crippen molar-refractivity contribution < 1.29 is 9.84 Å². The van der Waals surface area contributed by atoms with Crippen molar-refractivity contribution in [2.75, 3.05) is 0 Å². The molecule has 1 aliphatic rings. The van der Waals surface area contributed by atoms with Gasteiger partial charge in [-0.25, -0.2) is 9.97 Å². The molecule has 6 nitrogen and oxygen atoms in total. The van der Waals surface area contributed by atoms with Crippen LogP contribution in [0, 0.1) is 19.8 Å². The third-order valence-electron chi connectivity index (χ3n) is 7.26. The lowest BCUT2D eigenvalue weighted by Gasteiger charge is -2.26. The molecule has 0 spiro atoms. The number of aryl methyl sites for hydroxylation is 2. The third-order valence-corrected chi connectivity index (χ3v) is 8.30. The Morgan fingerprint density at radius 2 is 1.73 bits per heavy atom. The summed E-state index contributed by atoms with van der Waals surface area (Å²) < 4.78 is 7.32. The first kappa shape index (κ1) is 23.8. The first-order chi connectivity index (χ1) is 18.0. The van der Waals surface area contributed by atoms with Crippen molar-refractivity contribution >= 4 is 21.6 Å². The highest BCUT2D eigenvalue weighted by Crippen LogP contribution is 2.34. The predicted molar refractivity (Wildman–Crippen MR) is 148 cm³/mol. The molecule has 5 aromatic rings. The molecule has 37 heavy (non-hydrogen) atoms. The van der Waals surface area contributed by atoms with Gasteiger partial charge in [-0.2, -0.15) is 0 Å². The van der Waals surface area contributed by atoms with E-state index in [0.29, 0.717) is 5.92 Å². The summed E-state index contributed by atoms with van der Waals surface area (Å²) in [5, 5.41) is 11.4. The van der Waals surface area contributed by atoms with Crippen LogP contribution in [0.25, 0.3) is 32.9 Å². The van der Waals surface area contributed by atoms with Crippen LogP contribution in [-0.2, 0) is 6.42 Å². The average Bonchev–Trinajstić information content (AvgIpc) is 3.47. The van der Waals surface area contributed by atoms with Crippen molar-refractivity contribution in [3.63, 3.8) is 0 Å². The number of fused-ring (bicyclic) bond motifs is 1. The summed E-state index contributed by atoms with van der Waals surface area (Å²) in [5.74, 6) is 2.71. The molecule has 2 aromatic carbocycles. The highest BCUT2D eigenvalue weighted by Gasteiger charge is 2.24. The van der Waals surface area contributed by atoms with Crippen molar-refractivity contribution in [2.24, 2.45) is 5.92 Å². The lowest BCUT2D eigenvalue weighted by Crippen LogP contribution is -2.26. The number of pyridine rings is 1. The van der Waals surface area contributed by atoms with Gasteiger partial charge in [0.2, 0.25) is 0 Å². The molecule has 1 aliphatic carbocycles. The Morgan fingerprint density at radius 1 is 0.946 bits per heavy atom. The van der Waals surface area contributed by atoms with Gasteiger partial charge in [0.05, 0.1) is 32.7 Å². The molecule has 6 rings (SSSR count). The smallest absolute Gasteiger partial charge is 0.137 e. The molecular formula is C30H30N4O2S. The number of hydrogen-bond acceptors (Lipinski definition) is 6. The molecule has 0 saturated heterocycles. The van der Waals surface area contributed by atoms with Gasteiger partial charge in [-0.3, -0.25) is 4.98 Å². The van der Waals surface area contributed by atoms with E-state index in [2.05, 4.69) is 45.3 Å². The topological polar surface area (TPSA) is 83.9 Å². The summed E-state index contributed by atoms with van der Waals surface area (Å²) in [6, 6.07) is 18.1. The number of aromatic amines is 1. The standard InChI is InChI=1S/C30H30N4O2S/c1-18-19(2)33-30(32-18)21-9-7-20(8-10-21)26-16-24(13-14-31-26)36-23-11-12-25-28(17-23)37-29(34-25)15-22-5-3-4-6-27(22)35/h7-14,16-17,22,27,35H,3-6,15H2,1-2H3,(H,32,33)/t22-,27+/m0/s1. The number of H-pyrrole nitrogens is 1. The number of ether oxygens (including phenoxy) is 1. The summed E-state index contributed by atoms with van der Waals surface area (Å²) in [6.07, 6.45) is 6.75. The van der Waals surface area contributed by atoms with Crippen LogP contribution in [0.1, 0.15) is 42.1 Å². The zero-order chi connectivity index (χ0) is 25.4. The molecule has 7 heteroatoms. The van der Waals surface area contributed by atoms with Crippen molar-refractivity contribution in [1.29, 1.82) is 0 Å². The van der Waals surface area contributed by atoms with Gasteiger partial charge < -0.3 is 14.8 Å². The molecule has 2 N–H and O–H groups in total. The number of nitrogens with one attached hydrogen (secondary N) is 1. The van der Waals surface area contributed by atoms with E-state index in [1.165, 1.54) is 6.42 Å². The van der Waals surface area contributed by atoms with Gasteiger partial charge in [-0.05, 0) is 50.8 Å². The molecule has 3 heterocycles. The Hall–Kier alpha value is -3.55. The summed E-state index contributed by atoms with van der Waals surface area (Å²) >= 11 is 1.70. The van der Waals surface area contributed by atoms with E-state index in [-0.39, 0.29) is 6.10 Å². The quantitative estimate of drug-likeness (QED) is 0.251. The number of aliphatic hydroxyl groups is 1. The monoisotopic (exact) mass is 510 g/mol. The van der Waals surface area contributed by atoms with Gasteiger partial charge in [0.15, 0.2) is 0 Å². The van der Waals surface area contributed by atoms with Crippen LogP contribution in [0.2, 0.25) is 0 Å². The minimum atomic E-state index is -0.199. The van der Waals surface area contributed by atoms with Gasteiger partial charge in [-0.1, -0.05) is 37.1 Å². The number of hydrogen-bond donors (Lipinski definition) is 2. The SMILES string of the molecule is Cc1nc(-c2ccc(-c3cc(Oc4ccc5nc(C[C@@H]6CCCC[C@H]6O)sc5c4)ccn3)cc2)[nH]c1C. The molecule has 0 bridgehead atoms. The zero-order valence-corrected chi connectivity index (χ0v) is 21.9. The number of nitrogens with zero attached hydrogens (tertiary/aromatic N) is 3. The number of aliphatic hydroxyl groups excluding tert-OH is 1. The van der Waals surface area contributed by atoms with E-state index in [0.717, 1.165) is 86.4 Å². The lowest BCUT2D eigenvalue weighted by molar-refractivity contribution is 0.0700. The minimum absolute atomic E-state index is 0.199. The molecule has 3 aromatic heterocycles. The first-order valence-corrected chi connectivity index (χ1v) is 13.7. The van der Waals surface area contributed by atoms with E-state index < -0.39 is 0 Å². The Morgan fingerprint density at radius 3 is 2.51 bits per heavy atom. The Labute approximate surface area is 220 Å². The molecule has 0 radical (unpaired) electrons. The molecule has 0 aliphatic heterocycles. The second-order valence-corrected chi connectivity index (χ2v) is 11.0. The van der Waals surface area contributed by atoms with Gasteiger partial charge in [0.1, 0.15) is 17.3 Å². The third kappa shape index (κ3) is 5.15. The van der Waals surface area contributed by atoms with Crippen LogP contribution in [0.15, 0.2) is 60.8 Å². The molecule has 2 atom stereocenters. The van der Waals surface area contributed by atoms with Gasteiger partial charge >= 0.3 is 0 Å². The fourth-order valence-corrected chi connectivity index (χ4v) is 6.09. The lowest BCUT2D eigenvalue weighted by atomic mass is 9.84. The van der Waals surface area contributed by atoms with Gasteiger partial charge in [-0.15, -0.1) is 11.3 Å². The van der Waals surface area contributed by atoms with Crippen molar-refractivity contribution in [2.45, 2.75) is 52.1 Å². The van der Waals surface area contributed by atoms with E-state index >= 15 is 0 Å². The number of benzene rings is 2. The highest BCUT2D eigenvalue weighted by molar-refractivity contribution is 7.18. The van der Waals surface area contributed by atoms with Crippen LogP contribution >= 0.6 is 11.3 Å². The summed E-state index contributed by atoms with van der Waals surface area (Å²) in [5.41, 5.74) is 5.99. The largest absolute Gasteiger partial charge is 0.457 e. The van der Waals surface area contributed by atoms with E-state index in [9.17, 15) is 5.11 Å². The predicted octanol–water partition coefficient (Wildman–Crippen LogP) is 7.25. The maximum atomic E-state index is 10.3. The zero-order valence-electron chi connectivity index (χ0n) is 21.1. The highest BCUT2D eigenvalue weighted by atomic mass is 32.1. The average molecular weight is 511 g/mol. The Bertz CT molecular complexity index is 1520.